The number of carboxylic acids is 1. The molecule has 2 aliphatic heterocycles. The van der Waals surface area contributed by atoms with E-state index in [1.54, 1.807) is 0 Å². The number of unbranched alkanes of at least 4 members (excludes halogenated alkanes) is 1. The van der Waals surface area contributed by atoms with Crippen molar-refractivity contribution in [3.05, 3.63) is 143 Å². The summed E-state index contributed by atoms with van der Waals surface area (Å²) < 4.78 is 6.01. The van der Waals surface area contributed by atoms with Crippen molar-refractivity contribution < 1.29 is 14.6 Å². The van der Waals surface area contributed by atoms with Crippen LogP contribution < -0.4 is 4.74 Å². The average Bonchev–Trinajstić information content (AvgIpc) is 4.04. The first-order valence-corrected chi connectivity index (χ1v) is 17.9. The maximum Gasteiger partial charge on any atom is 0.346 e. The lowest BCUT2D eigenvalue weighted by Gasteiger charge is -2.08. The molecule has 6 aromatic rings. The van der Waals surface area contributed by atoms with E-state index in [0.29, 0.717) is 29.1 Å². The van der Waals surface area contributed by atoms with Crippen LogP contribution in [0.1, 0.15) is 48.1 Å². The van der Waals surface area contributed by atoms with Crippen LogP contribution in [-0.4, -0.2) is 37.6 Å². The maximum atomic E-state index is 12.1. The molecule has 3 aromatic carbocycles. The number of nitrogens with one attached hydrogen (secondary N) is 2. The third-order valence-electron chi connectivity index (χ3n) is 9.47. The van der Waals surface area contributed by atoms with Crippen LogP contribution in [0.3, 0.4) is 0 Å². The van der Waals surface area contributed by atoms with Gasteiger partial charge in [-0.1, -0.05) is 86.1 Å². The van der Waals surface area contributed by atoms with Crippen LogP contribution in [0.5, 0.6) is 5.75 Å². The molecule has 54 heavy (non-hydrogen) atoms. The van der Waals surface area contributed by atoms with Gasteiger partial charge in [-0.25, -0.2) is 14.8 Å². The van der Waals surface area contributed by atoms with Gasteiger partial charge in [0.1, 0.15) is 17.4 Å². The minimum absolute atomic E-state index is 0.403. The Balaban J connectivity index is 1.51. The van der Waals surface area contributed by atoms with Crippen LogP contribution in [0, 0.1) is 11.3 Å². The first-order valence-electron chi connectivity index (χ1n) is 17.9. The summed E-state index contributed by atoms with van der Waals surface area (Å²) in [4.78, 5) is 29.8. The molecule has 8 rings (SSSR count). The number of fused-ring (bicyclic) bond motifs is 8. The number of aromatic nitrogens is 4. The van der Waals surface area contributed by atoms with Gasteiger partial charge >= 0.3 is 5.97 Å². The Hall–Kier alpha value is -7.24. The van der Waals surface area contributed by atoms with Crippen molar-refractivity contribution in [3.8, 4) is 45.2 Å². The normalized spacial score (nSPS) is 12.1. The van der Waals surface area contributed by atoms with Gasteiger partial charge in [-0.3, -0.25) is 0 Å². The monoisotopic (exact) mass is 705 g/mol. The summed E-state index contributed by atoms with van der Waals surface area (Å²) >= 11 is 0. The summed E-state index contributed by atoms with van der Waals surface area (Å²) in [5.41, 5.74) is 11.4. The fourth-order valence-corrected chi connectivity index (χ4v) is 6.84. The van der Waals surface area contributed by atoms with Crippen LogP contribution >= 0.6 is 0 Å². The van der Waals surface area contributed by atoms with Crippen molar-refractivity contribution in [2.24, 2.45) is 0 Å². The number of nitrogens with zero attached hydrogens (tertiary/aromatic N) is 3. The highest BCUT2D eigenvalue weighted by atomic mass is 16.5. The molecule has 0 unspecified atom stereocenters. The largest absolute Gasteiger partial charge is 0.494 e. The molecular formula is C46H35N5O3. The number of aliphatic carboxylic acids is 1. The minimum atomic E-state index is -1.32. The minimum Gasteiger partial charge on any atom is -0.494 e. The Morgan fingerprint density at radius 2 is 1.13 bits per heavy atom. The van der Waals surface area contributed by atoms with Crippen LogP contribution in [0.4, 0.5) is 0 Å². The standard InChI is InChI=1S/C46H35N5O3/c1-2-3-26-54-33-16-14-31(15-17-33)45-41-24-22-39(50-41)43(29-10-6-4-7-11-29)37-20-18-35(48-37)34(27-32(28-47)46(52)53)36-19-21-38(49-36)44(30-12-8-5-9-13-30)40-23-25-42(45)51-40/h4-25,27,48,51H,2-3,26H2,1H3,(H,52,53)/b32-27+,35-34?,36-34?,43-37?,43-39?,44-38?,44-40?,45-41?,45-42?. The molecule has 3 N–H and O–H groups in total. The molecule has 5 heterocycles. The topological polar surface area (TPSA) is 128 Å². The number of rotatable bonds is 9. The lowest BCUT2D eigenvalue weighted by atomic mass is 10.0. The number of carbonyl (C=O) groups is 1. The van der Waals surface area contributed by atoms with Gasteiger partial charge in [-0.05, 0) is 89.9 Å². The highest BCUT2D eigenvalue weighted by molar-refractivity contribution is 6.01. The van der Waals surface area contributed by atoms with E-state index in [0.717, 1.165) is 79.9 Å². The van der Waals surface area contributed by atoms with E-state index >= 15 is 0 Å². The summed E-state index contributed by atoms with van der Waals surface area (Å²) in [5.74, 6) is -0.498. The molecule has 8 heteroatoms. The van der Waals surface area contributed by atoms with Gasteiger partial charge in [0.25, 0.3) is 0 Å². The number of ether oxygens (including phenoxy) is 1. The lowest BCUT2D eigenvalue weighted by molar-refractivity contribution is -0.132. The van der Waals surface area contributed by atoms with E-state index in [1.807, 2.05) is 115 Å². The molecule has 0 fully saturated rings. The predicted octanol–water partition coefficient (Wildman–Crippen LogP) is 10.8. The molecule has 8 nitrogen and oxygen atoms in total. The number of carboxylic acid groups (broad SMARTS) is 1. The van der Waals surface area contributed by atoms with E-state index < -0.39 is 11.5 Å². The van der Waals surface area contributed by atoms with Gasteiger partial charge in [0.05, 0.1) is 29.4 Å². The van der Waals surface area contributed by atoms with Crippen molar-refractivity contribution in [3.63, 3.8) is 0 Å². The first-order chi connectivity index (χ1) is 26.5. The zero-order chi connectivity index (χ0) is 37.0. The fourth-order valence-electron chi connectivity index (χ4n) is 6.84. The SMILES string of the molecule is CCCCOc1ccc(-c2c3nc(c(-c4ccccc4)c4ccc([nH]4)c(/C=C(\C#N)C(=O)O)c4nc(c(-c5ccccc5)c5ccc2[nH]5)C=C4)C=C3)cc1. The zero-order valence-electron chi connectivity index (χ0n) is 29.5. The van der Waals surface area contributed by atoms with Gasteiger partial charge in [0, 0.05) is 44.3 Å². The number of H-pyrrole nitrogens is 2. The molecule has 0 spiro atoms. The summed E-state index contributed by atoms with van der Waals surface area (Å²) in [6, 6.07) is 38.0. The first kappa shape index (κ1) is 33.9. The number of hydrogen-bond acceptors (Lipinski definition) is 5. The second-order valence-electron chi connectivity index (χ2n) is 13.0. The van der Waals surface area contributed by atoms with Crippen molar-refractivity contribution in [1.29, 1.82) is 5.26 Å². The lowest BCUT2D eigenvalue weighted by Crippen LogP contribution is -1.98. The average molecular weight is 706 g/mol. The van der Waals surface area contributed by atoms with E-state index in [1.165, 1.54) is 6.08 Å². The van der Waals surface area contributed by atoms with Gasteiger partial charge < -0.3 is 19.8 Å². The third-order valence-corrected chi connectivity index (χ3v) is 9.47. The predicted molar refractivity (Wildman–Crippen MR) is 217 cm³/mol. The Morgan fingerprint density at radius 3 is 1.63 bits per heavy atom. The summed E-state index contributed by atoms with van der Waals surface area (Å²) in [7, 11) is 0. The Kier molecular flexibility index (Phi) is 9.27. The van der Waals surface area contributed by atoms with E-state index in [-0.39, 0.29) is 0 Å². The summed E-state index contributed by atoms with van der Waals surface area (Å²) in [6.45, 7) is 2.82. The molecule has 0 saturated heterocycles. The molecule has 0 aliphatic carbocycles. The van der Waals surface area contributed by atoms with Crippen LogP contribution in [0.15, 0.2) is 115 Å². The van der Waals surface area contributed by atoms with Crippen LogP contribution in [-0.2, 0) is 4.79 Å². The molecule has 3 aromatic heterocycles. The molecule has 2 aliphatic rings. The Bertz CT molecular complexity index is 2660. The molecule has 0 amide bonds. The van der Waals surface area contributed by atoms with Gasteiger partial charge in [-0.2, -0.15) is 5.26 Å². The zero-order valence-corrected chi connectivity index (χ0v) is 29.5. The molecule has 8 bridgehead atoms. The summed E-state index contributed by atoms with van der Waals surface area (Å²) in [6.07, 6.45) is 11.3. The number of hydrogen-bond donors (Lipinski definition) is 3. The highest BCUT2D eigenvalue weighted by Crippen LogP contribution is 2.37. The third kappa shape index (κ3) is 6.62. The van der Waals surface area contributed by atoms with Crippen molar-refractivity contribution >= 4 is 58.4 Å². The summed E-state index contributed by atoms with van der Waals surface area (Å²) in [5, 5.41) is 19.7. The van der Waals surface area contributed by atoms with Gasteiger partial charge in [0.2, 0.25) is 0 Å². The Labute approximate surface area is 312 Å². The number of nitriles is 1. The second kappa shape index (κ2) is 14.8. The van der Waals surface area contributed by atoms with Crippen molar-refractivity contribution in [1.82, 2.24) is 19.9 Å². The van der Waals surface area contributed by atoms with Crippen molar-refractivity contribution in [2.75, 3.05) is 6.61 Å². The van der Waals surface area contributed by atoms with Gasteiger partial charge in [0.15, 0.2) is 0 Å². The van der Waals surface area contributed by atoms with Crippen LogP contribution in [0.2, 0.25) is 0 Å². The quantitative estimate of drug-likeness (QED) is 0.0779. The maximum absolute atomic E-state index is 12.1. The molecule has 0 atom stereocenters. The van der Waals surface area contributed by atoms with E-state index in [2.05, 4.69) is 41.2 Å². The number of aromatic amines is 2. The molecule has 262 valence electrons. The number of benzene rings is 3. The van der Waals surface area contributed by atoms with Crippen LogP contribution in [0.25, 0.3) is 85.8 Å². The van der Waals surface area contributed by atoms with Gasteiger partial charge in [-0.15, -0.1) is 0 Å². The molecule has 0 radical (unpaired) electrons. The highest BCUT2D eigenvalue weighted by Gasteiger charge is 2.19. The molecular weight excluding hydrogens is 671 g/mol. The van der Waals surface area contributed by atoms with Crippen molar-refractivity contribution in [2.45, 2.75) is 19.8 Å². The fraction of sp³-hybridized carbons (Fsp3) is 0.0870. The molecule has 0 saturated carbocycles. The second-order valence-corrected chi connectivity index (χ2v) is 13.0. The smallest absolute Gasteiger partial charge is 0.346 e. The Morgan fingerprint density at radius 1 is 0.667 bits per heavy atom. The van der Waals surface area contributed by atoms with E-state index in [4.69, 9.17) is 14.7 Å². The van der Waals surface area contributed by atoms with E-state index in [9.17, 15) is 15.2 Å².